The first-order chi connectivity index (χ1) is 9.22. The van der Waals surface area contributed by atoms with Gasteiger partial charge in [-0.3, -0.25) is 0 Å². The molecule has 1 N–H and O–H groups in total. The number of halogens is 1. The summed E-state index contributed by atoms with van der Waals surface area (Å²) in [5, 5.41) is 4.41. The van der Waals surface area contributed by atoms with E-state index in [1.165, 1.54) is 43.4 Å². The van der Waals surface area contributed by atoms with Crippen molar-refractivity contribution in [1.82, 2.24) is 5.32 Å². The summed E-state index contributed by atoms with van der Waals surface area (Å²) < 4.78 is 0. The summed E-state index contributed by atoms with van der Waals surface area (Å²) in [4.78, 5) is 2.34. The molecule has 19 heavy (non-hydrogen) atoms. The molecule has 0 atom stereocenters. The lowest BCUT2D eigenvalue weighted by atomic mass is 9.85. The molecule has 0 unspecified atom stereocenters. The van der Waals surface area contributed by atoms with Gasteiger partial charge in [-0.2, -0.15) is 0 Å². The Morgan fingerprint density at radius 2 is 2.05 bits per heavy atom. The number of hydrogen-bond acceptors (Lipinski definition) is 2. The molecule has 0 aromatic heterocycles. The monoisotopic (exact) mass is 278 g/mol. The van der Waals surface area contributed by atoms with Crippen molar-refractivity contribution in [2.45, 2.75) is 44.7 Å². The van der Waals surface area contributed by atoms with Crippen LogP contribution in [0.25, 0.3) is 0 Å². The quantitative estimate of drug-likeness (QED) is 0.851. The van der Waals surface area contributed by atoms with Crippen molar-refractivity contribution in [3.63, 3.8) is 0 Å². The molecule has 2 saturated carbocycles. The molecular weight excluding hydrogens is 256 g/mol. The molecule has 2 aliphatic rings. The van der Waals surface area contributed by atoms with E-state index in [9.17, 15) is 0 Å². The summed E-state index contributed by atoms with van der Waals surface area (Å²) in [6.07, 6.45) is 6.83. The highest BCUT2D eigenvalue weighted by Crippen LogP contribution is 2.30. The molecular formula is C16H23ClN2. The molecule has 0 saturated heterocycles. The van der Waals surface area contributed by atoms with Crippen LogP contribution in [-0.4, -0.2) is 19.6 Å². The van der Waals surface area contributed by atoms with Gasteiger partial charge < -0.3 is 10.2 Å². The SMILES string of the molecule is CN(CC1CCC1)c1ccc(CNC2CC2)c(Cl)c1. The molecule has 0 spiro atoms. The minimum Gasteiger partial charge on any atom is -0.374 e. The second kappa shape index (κ2) is 5.72. The molecule has 2 aliphatic carbocycles. The Balaban J connectivity index is 1.59. The Morgan fingerprint density at radius 3 is 2.63 bits per heavy atom. The topological polar surface area (TPSA) is 15.3 Å². The van der Waals surface area contributed by atoms with Gasteiger partial charge in [0.2, 0.25) is 0 Å². The largest absolute Gasteiger partial charge is 0.374 e. The second-order valence-corrected chi connectivity index (χ2v) is 6.52. The number of nitrogens with one attached hydrogen (secondary N) is 1. The summed E-state index contributed by atoms with van der Waals surface area (Å²) in [5.74, 6) is 0.889. The fourth-order valence-corrected chi connectivity index (χ4v) is 2.87. The van der Waals surface area contributed by atoms with Gasteiger partial charge in [-0.05, 0) is 49.3 Å². The van der Waals surface area contributed by atoms with E-state index in [1.54, 1.807) is 0 Å². The summed E-state index contributed by atoms with van der Waals surface area (Å²) in [6.45, 7) is 2.06. The van der Waals surface area contributed by atoms with Crippen LogP contribution >= 0.6 is 11.6 Å². The molecule has 1 aromatic rings. The maximum Gasteiger partial charge on any atom is 0.0471 e. The zero-order chi connectivity index (χ0) is 13.2. The highest BCUT2D eigenvalue weighted by Gasteiger charge is 2.21. The van der Waals surface area contributed by atoms with Crippen LogP contribution in [0.4, 0.5) is 5.69 Å². The van der Waals surface area contributed by atoms with Crippen molar-refractivity contribution in [1.29, 1.82) is 0 Å². The van der Waals surface area contributed by atoms with Crippen molar-refractivity contribution < 1.29 is 0 Å². The van der Waals surface area contributed by atoms with E-state index < -0.39 is 0 Å². The minimum absolute atomic E-state index is 0.733. The lowest BCUT2D eigenvalue weighted by Crippen LogP contribution is -2.29. The maximum atomic E-state index is 6.40. The van der Waals surface area contributed by atoms with Crippen LogP contribution in [0.2, 0.25) is 5.02 Å². The van der Waals surface area contributed by atoms with Crippen LogP contribution in [0.1, 0.15) is 37.7 Å². The van der Waals surface area contributed by atoms with E-state index in [1.807, 2.05) is 0 Å². The molecule has 0 bridgehead atoms. The molecule has 1 aromatic carbocycles. The third-order valence-corrected chi connectivity index (χ3v) is 4.74. The van der Waals surface area contributed by atoms with Gasteiger partial charge in [-0.15, -0.1) is 0 Å². The molecule has 3 rings (SSSR count). The number of benzene rings is 1. The fourth-order valence-electron chi connectivity index (χ4n) is 2.63. The Bertz CT molecular complexity index is 438. The van der Waals surface area contributed by atoms with Crippen molar-refractivity contribution in [2.75, 3.05) is 18.5 Å². The van der Waals surface area contributed by atoms with Gasteiger partial charge in [-0.1, -0.05) is 24.1 Å². The molecule has 0 aliphatic heterocycles. The fraction of sp³-hybridized carbons (Fsp3) is 0.625. The Labute approximate surface area is 121 Å². The molecule has 0 radical (unpaired) electrons. The molecule has 3 heteroatoms. The highest BCUT2D eigenvalue weighted by atomic mass is 35.5. The zero-order valence-corrected chi connectivity index (χ0v) is 12.4. The van der Waals surface area contributed by atoms with Crippen molar-refractivity contribution in [3.05, 3.63) is 28.8 Å². The Kier molecular flexibility index (Phi) is 3.99. The van der Waals surface area contributed by atoms with Crippen LogP contribution in [0.15, 0.2) is 18.2 Å². The third-order valence-electron chi connectivity index (χ3n) is 4.39. The minimum atomic E-state index is 0.733. The van der Waals surface area contributed by atoms with E-state index in [0.29, 0.717) is 0 Å². The van der Waals surface area contributed by atoms with Gasteiger partial charge >= 0.3 is 0 Å². The number of rotatable bonds is 6. The number of hydrogen-bond donors (Lipinski definition) is 1. The van der Waals surface area contributed by atoms with Crippen LogP contribution in [0.3, 0.4) is 0 Å². The van der Waals surface area contributed by atoms with E-state index in [4.69, 9.17) is 11.6 Å². The van der Waals surface area contributed by atoms with Gasteiger partial charge in [0, 0.05) is 36.9 Å². The Morgan fingerprint density at radius 1 is 1.26 bits per heavy atom. The number of anilines is 1. The maximum absolute atomic E-state index is 6.40. The standard InChI is InChI=1S/C16H23ClN2/c1-19(11-12-3-2-4-12)15-8-5-13(16(17)9-15)10-18-14-6-7-14/h5,8-9,12,14,18H,2-4,6-7,10-11H2,1H3. The normalized spacial score (nSPS) is 19.3. The first-order valence-electron chi connectivity index (χ1n) is 7.45. The van der Waals surface area contributed by atoms with Gasteiger partial charge in [0.05, 0.1) is 0 Å². The lowest BCUT2D eigenvalue weighted by Gasteiger charge is -2.31. The van der Waals surface area contributed by atoms with Gasteiger partial charge in [0.15, 0.2) is 0 Å². The molecule has 0 amide bonds. The highest BCUT2D eigenvalue weighted by molar-refractivity contribution is 6.31. The van der Waals surface area contributed by atoms with Crippen LogP contribution in [0, 0.1) is 5.92 Å². The average molecular weight is 279 g/mol. The van der Waals surface area contributed by atoms with Crippen molar-refractivity contribution in [2.24, 2.45) is 5.92 Å². The average Bonchev–Trinajstić information content (AvgIpc) is 3.16. The molecule has 2 fully saturated rings. The summed E-state index contributed by atoms with van der Waals surface area (Å²) in [5.41, 5.74) is 2.46. The van der Waals surface area contributed by atoms with Crippen LogP contribution in [0.5, 0.6) is 0 Å². The Hall–Kier alpha value is -0.730. The van der Waals surface area contributed by atoms with Crippen molar-refractivity contribution in [3.8, 4) is 0 Å². The predicted octanol–water partition coefficient (Wildman–Crippen LogP) is 3.83. The van der Waals surface area contributed by atoms with Gasteiger partial charge in [-0.25, -0.2) is 0 Å². The van der Waals surface area contributed by atoms with E-state index in [2.05, 4.69) is 35.5 Å². The summed E-state index contributed by atoms with van der Waals surface area (Å²) >= 11 is 6.40. The summed E-state index contributed by atoms with van der Waals surface area (Å²) in [7, 11) is 2.17. The zero-order valence-electron chi connectivity index (χ0n) is 11.7. The van der Waals surface area contributed by atoms with E-state index in [-0.39, 0.29) is 0 Å². The van der Waals surface area contributed by atoms with Gasteiger partial charge in [0.25, 0.3) is 0 Å². The second-order valence-electron chi connectivity index (χ2n) is 6.11. The molecule has 2 nitrogen and oxygen atoms in total. The smallest absolute Gasteiger partial charge is 0.0471 e. The van der Waals surface area contributed by atoms with Crippen LogP contribution in [-0.2, 0) is 6.54 Å². The molecule has 0 heterocycles. The van der Waals surface area contributed by atoms with Gasteiger partial charge in [0.1, 0.15) is 0 Å². The van der Waals surface area contributed by atoms with Crippen molar-refractivity contribution >= 4 is 17.3 Å². The predicted molar refractivity (Wildman–Crippen MR) is 81.9 cm³/mol. The lowest BCUT2D eigenvalue weighted by molar-refractivity contribution is 0.321. The first kappa shape index (κ1) is 13.3. The van der Waals surface area contributed by atoms with E-state index in [0.717, 1.165) is 30.1 Å². The first-order valence-corrected chi connectivity index (χ1v) is 7.83. The third kappa shape index (κ3) is 3.43. The van der Waals surface area contributed by atoms with E-state index >= 15 is 0 Å². The van der Waals surface area contributed by atoms with Crippen LogP contribution < -0.4 is 10.2 Å². The number of nitrogens with zero attached hydrogens (tertiary/aromatic N) is 1. The summed E-state index contributed by atoms with van der Waals surface area (Å²) in [6, 6.07) is 7.22. The molecule has 104 valence electrons.